The van der Waals surface area contributed by atoms with Gasteiger partial charge in [0, 0.05) is 35.0 Å². The summed E-state index contributed by atoms with van der Waals surface area (Å²) < 4.78 is 2.34. The van der Waals surface area contributed by atoms with Gasteiger partial charge in [0.05, 0.1) is 17.3 Å². The van der Waals surface area contributed by atoms with E-state index in [1.807, 2.05) is 0 Å². The zero-order valence-electron chi connectivity index (χ0n) is 14.2. The second-order valence-corrected chi connectivity index (χ2v) is 7.05. The van der Waals surface area contributed by atoms with E-state index >= 15 is 0 Å². The molecule has 2 aromatic carbocycles. The monoisotopic (exact) mass is 349 g/mol. The standard InChI is InChI=1S/C21H21N2OS/c1-2-22-17(12-11-16-7-3-4-8-18(16)22)15-21-23(13-14-24)19-9-5-6-10-20(19)25-21/h3-12,15,24H,2,13-14H2,1H3/q+1. The zero-order valence-corrected chi connectivity index (χ0v) is 15.0. The molecule has 1 aromatic heterocycles. The number of aliphatic hydroxyl groups is 1. The van der Waals surface area contributed by atoms with Gasteiger partial charge in [-0.3, -0.25) is 0 Å². The normalized spacial score (nSPS) is 15.1. The third kappa shape index (κ3) is 2.92. The van der Waals surface area contributed by atoms with Crippen LogP contribution in [-0.2, 0) is 6.54 Å². The van der Waals surface area contributed by atoms with Crippen molar-refractivity contribution in [3.63, 3.8) is 0 Å². The molecule has 0 aliphatic carbocycles. The first-order chi connectivity index (χ1) is 12.3. The first-order valence-corrected chi connectivity index (χ1v) is 9.42. The van der Waals surface area contributed by atoms with Crippen LogP contribution in [0.15, 0.2) is 70.6 Å². The van der Waals surface area contributed by atoms with Gasteiger partial charge in [0.2, 0.25) is 11.2 Å². The average Bonchev–Trinajstić information content (AvgIpc) is 2.99. The van der Waals surface area contributed by atoms with Crippen LogP contribution in [0.2, 0.25) is 0 Å². The Bertz CT molecular complexity index is 952. The number of rotatable bonds is 4. The first kappa shape index (κ1) is 16.2. The fourth-order valence-corrected chi connectivity index (χ4v) is 4.51. The van der Waals surface area contributed by atoms with Crippen molar-refractivity contribution < 1.29 is 9.67 Å². The Hall–Kier alpha value is -2.30. The van der Waals surface area contributed by atoms with Crippen molar-refractivity contribution in [3.05, 3.63) is 71.4 Å². The number of benzene rings is 2. The number of aryl methyl sites for hydroxylation is 1. The second-order valence-electron chi connectivity index (χ2n) is 5.99. The van der Waals surface area contributed by atoms with Gasteiger partial charge >= 0.3 is 0 Å². The predicted molar refractivity (Wildman–Crippen MR) is 105 cm³/mol. The van der Waals surface area contributed by atoms with Crippen LogP contribution in [0.4, 0.5) is 5.69 Å². The van der Waals surface area contributed by atoms with Gasteiger partial charge < -0.3 is 10.0 Å². The quantitative estimate of drug-likeness (QED) is 0.720. The molecule has 0 radical (unpaired) electrons. The van der Waals surface area contributed by atoms with E-state index in [4.69, 9.17) is 0 Å². The summed E-state index contributed by atoms with van der Waals surface area (Å²) in [4.78, 5) is 3.45. The van der Waals surface area contributed by atoms with Crippen LogP contribution in [0.1, 0.15) is 12.6 Å². The highest BCUT2D eigenvalue weighted by atomic mass is 32.2. The maximum atomic E-state index is 9.49. The van der Waals surface area contributed by atoms with Gasteiger partial charge in [-0.15, -0.1) is 0 Å². The van der Waals surface area contributed by atoms with Crippen LogP contribution in [0.25, 0.3) is 17.0 Å². The number of anilines is 1. The maximum Gasteiger partial charge on any atom is 0.212 e. The molecule has 25 heavy (non-hydrogen) atoms. The fourth-order valence-electron chi connectivity index (χ4n) is 3.37. The molecule has 0 fully saturated rings. The third-order valence-corrected chi connectivity index (χ3v) is 5.63. The van der Waals surface area contributed by atoms with E-state index in [9.17, 15) is 5.11 Å². The molecule has 2 heterocycles. The number of β-amino-alcohol motifs (C(OH)–C–C–N with tert-alkyl or cyclic N) is 1. The lowest BCUT2D eigenvalue weighted by Crippen LogP contribution is -2.37. The molecule has 0 bridgehead atoms. The number of pyridine rings is 1. The maximum absolute atomic E-state index is 9.49. The van der Waals surface area contributed by atoms with Gasteiger partial charge in [-0.05, 0) is 31.2 Å². The number of para-hydroxylation sites is 2. The molecule has 4 rings (SSSR count). The number of fused-ring (bicyclic) bond motifs is 2. The number of aliphatic hydroxyl groups excluding tert-OH is 1. The molecular formula is C21H21N2OS+. The van der Waals surface area contributed by atoms with Gasteiger partial charge in [0.15, 0.2) is 0 Å². The summed E-state index contributed by atoms with van der Waals surface area (Å²) in [5.74, 6) is 0. The van der Waals surface area contributed by atoms with Crippen LogP contribution in [-0.4, -0.2) is 18.3 Å². The molecule has 3 aromatic rings. The molecule has 0 atom stereocenters. The predicted octanol–water partition coefficient (Wildman–Crippen LogP) is 4.05. The SMILES string of the molecule is CC[n+]1c(/C=C2\Sc3ccccc3N2CCO)ccc2ccccc21. The van der Waals surface area contributed by atoms with Crippen molar-refractivity contribution in [2.24, 2.45) is 0 Å². The molecule has 4 heteroatoms. The lowest BCUT2D eigenvalue weighted by molar-refractivity contribution is -0.669. The molecule has 1 N–H and O–H groups in total. The summed E-state index contributed by atoms with van der Waals surface area (Å²) in [6.45, 7) is 3.84. The molecular weight excluding hydrogens is 328 g/mol. The Morgan fingerprint density at radius 1 is 1.04 bits per heavy atom. The van der Waals surface area contributed by atoms with Crippen LogP contribution in [0.5, 0.6) is 0 Å². The topological polar surface area (TPSA) is 27.4 Å². The summed E-state index contributed by atoms with van der Waals surface area (Å²) in [5, 5.41) is 11.9. The molecule has 126 valence electrons. The summed E-state index contributed by atoms with van der Waals surface area (Å²) >= 11 is 1.77. The van der Waals surface area contributed by atoms with Crippen LogP contribution < -0.4 is 9.47 Å². The van der Waals surface area contributed by atoms with Gasteiger partial charge in [0.25, 0.3) is 0 Å². The Labute approximate surface area is 152 Å². The zero-order chi connectivity index (χ0) is 17.2. The minimum absolute atomic E-state index is 0.137. The van der Waals surface area contributed by atoms with E-state index in [0.717, 1.165) is 11.6 Å². The smallest absolute Gasteiger partial charge is 0.212 e. The summed E-state index contributed by atoms with van der Waals surface area (Å²) in [5.41, 5.74) is 3.60. The highest BCUT2D eigenvalue weighted by Crippen LogP contribution is 2.46. The Balaban J connectivity index is 1.82. The van der Waals surface area contributed by atoms with Crippen LogP contribution in [0.3, 0.4) is 0 Å². The lowest BCUT2D eigenvalue weighted by Gasteiger charge is -2.18. The Kier molecular flexibility index (Phi) is 4.47. The van der Waals surface area contributed by atoms with Crippen LogP contribution >= 0.6 is 11.8 Å². The van der Waals surface area contributed by atoms with E-state index in [2.05, 4.69) is 83.1 Å². The molecule has 0 spiro atoms. The van der Waals surface area contributed by atoms with Gasteiger partial charge in [0.1, 0.15) is 6.54 Å². The summed E-state index contributed by atoms with van der Waals surface area (Å²) in [7, 11) is 0. The minimum atomic E-state index is 0.137. The van der Waals surface area contributed by atoms with Crippen molar-refractivity contribution in [1.29, 1.82) is 0 Å². The van der Waals surface area contributed by atoms with E-state index in [0.29, 0.717) is 6.54 Å². The summed E-state index contributed by atoms with van der Waals surface area (Å²) in [6, 6.07) is 21.2. The Morgan fingerprint density at radius 2 is 1.84 bits per heavy atom. The first-order valence-electron chi connectivity index (χ1n) is 8.60. The molecule has 0 unspecified atom stereocenters. The van der Waals surface area contributed by atoms with Crippen molar-refractivity contribution >= 4 is 34.4 Å². The van der Waals surface area contributed by atoms with Crippen molar-refractivity contribution in [3.8, 4) is 0 Å². The second kappa shape index (κ2) is 6.90. The third-order valence-electron chi connectivity index (χ3n) is 4.52. The number of thioether (sulfide) groups is 1. The molecule has 1 aliphatic heterocycles. The summed E-state index contributed by atoms with van der Waals surface area (Å²) in [6.07, 6.45) is 2.23. The van der Waals surface area contributed by atoms with Gasteiger partial charge in [-0.2, -0.15) is 4.57 Å². The minimum Gasteiger partial charge on any atom is -0.395 e. The molecule has 0 saturated carbocycles. The van der Waals surface area contributed by atoms with Crippen molar-refractivity contribution in [1.82, 2.24) is 0 Å². The van der Waals surface area contributed by atoms with E-state index in [-0.39, 0.29) is 6.61 Å². The van der Waals surface area contributed by atoms with Gasteiger partial charge in [-0.1, -0.05) is 36.0 Å². The van der Waals surface area contributed by atoms with Crippen molar-refractivity contribution in [2.75, 3.05) is 18.1 Å². The number of hydrogen-bond acceptors (Lipinski definition) is 3. The fraction of sp³-hybridized carbons (Fsp3) is 0.190. The van der Waals surface area contributed by atoms with E-state index in [1.165, 1.54) is 27.2 Å². The van der Waals surface area contributed by atoms with Gasteiger partial charge in [-0.25, -0.2) is 0 Å². The number of nitrogens with zero attached hydrogens (tertiary/aromatic N) is 2. The number of aromatic nitrogens is 1. The highest BCUT2D eigenvalue weighted by Gasteiger charge is 2.25. The lowest BCUT2D eigenvalue weighted by atomic mass is 10.2. The van der Waals surface area contributed by atoms with Crippen molar-refractivity contribution in [2.45, 2.75) is 18.4 Å². The molecule has 3 nitrogen and oxygen atoms in total. The number of hydrogen-bond donors (Lipinski definition) is 1. The van der Waals surface area contributed by atoms with E-state index < -0.39 is 0 Å². The largest absolute Gasteiger partial charge is 0.395 e. The van der Waals surface area contributed by atoms with Crippen LogP contribution in [0, 0.1) is 0 Å². The Morgan fingerprint density at radius 3 is 2.68 bits per heavy atom. The molecule has 0 saturated heterocycles. The molecule has 1 aliphatic rings. The highest BCUT2D eigenvalue weighted by molar-refractivity contribution is 8.03. The molecule has 0 amide bonds. The van der Waals surface area contributed by atoms with E-state index in [1.54, 1.807) is 11.8 Å². The average molecular weight is 349 g/mol.